The molecule has 7 nitrogen and oxygen atoms in total. The number of amides is 2. The van der Waals surface area contributed by atoms with Gasteiger partial charge < -0.3 is 16.0 Å². The van der Waals surface area contributed by atoms with Crippen LogP contribution in [0.3, 0.4) is 0 Å². The van der Waals surface area contributed by atoms with Crippen LogP contribution in [0.4, 0.5) is 0 Å². The van der Waals surface area contributed by atoms with E-state index in [2.05, 4.69) is 5.32 Å². The van der Waals surface area contributed by atoms with Gasteiger partial charge in [0.05, 0.1) is 11.8 Å². The van der Waals surface area contributed by atoms with E-state index in [4.69, 9.17) is 5.73 Å². The van der Waals surface area contributed by atoms with E-state index in [-0.39, 0.29) is 18.1 Å². The summed E-state index contributed by atoms with van der Waals surface area (Å²) in [4.78, 5) is 25.5. The largest absolute Gasteiger partial charge is 0.343 e. The van der Waals surface area contributed by atoms with Crippen molar-refractivity contribution in [3.63, 3.8) is 0 Å². The molecule has 8 heteroatoms. The van der Waals surface area contributed by atoms with Gasteiger partial charge in [-0.2, -0.15) is 0 Å². The van der Waals surface area contributed by atoms with Gasteiger partial charge in [0.2, 0.25) is 11.8 Å². The maximum atomic E-state index is 12.0. The molecule has 20 heavy (non-hydrogen) atoms. The molecule has 0 aliphatic carbocycles. The molecule has 3 N–H and O–H groups in total. The number of rotatable bonds is 6. The summed E-state index contributed by atoms with van der Waals surface area (Å²) in [6.07, 6.45) is 3.12. The molecule has 0 spiro atoms. The fourth-order valence-electron chi connectivity index (χ4n) is 2.07. The molecule has 1 aliphatic rings. The van der Waals surface area contributed by atoms with Crippen molar-refractivity contribution < 1.29 is 18.0 Å². The van der Waals surface area contributed by atoms with Crippen molar-refractivity contribution in [2.45, 2.75) is 38.3 Å². The number of hydrogen-bond acceptors (Lipinski definition) is 5. The first-order valence-corrected chi connectivity index (χ1v) is 8.79. The molecule has 2 amide bonds. The van der Waals surface area contributed by atoms with E-state index in [1.54, 1.807) is 11.8 Å². The zero-order chi connectivity index (χ0) is 15.3. The first kappa shape index (κ1) is 16.9. The van der Waals surface area contributed by atoms with Gasteiger partial charge in [-0.1, -0.05) is 0 Å². The first-order chi connectivity index (χ1) is 9.20. The standard InChI is InChI=1S/C12H23N3O4S/c1-9(12(17)15-6-3-4-7-15)14-11(16)10(13)5-8-20(2,18)19/h9-10H,3-8,13H2,1-2H3,(H,14,16). The molecule has 1 aliphatic heterocycles. The third-order valence-corrected chi connectivity index (χ3v) is 4.26. The summed E-state index contributed by atoms with van der Waals surface area (Å²) in [5.74, 6) is -0.754. The monoisotopic (exact) mass is 305 g/mol. The second kappa shape index (κ2) is 7.03. The fourth-order valence-corrected chi connectivity index (χ4v) is 2.75. The third-order valence-electron chi connectivity index (χ3n) is 3.28. The van der Waals surface area contributed by atoms with Crippen LogP contribution in [0.2, 0.25) is 0 Å². The number of carbonyl (C=O) groups excluding carboxylic acids is 2. The first-order valence-electron chi connectivity index (χ1n) is 6.73. The predicted molar refractivity (Wildman–Crippen MR) is 75.7 cm³/mol. The van der Waals surface area contributed by atoms with Crippen LogP contribution in [0.5, 0.6) is 0 Å². The Labute approximate surface area is 119 Å². The molecule has 1 saturated heterocycles. The molecule has 0 bridgehead atoms. The lowest BCUT2D eigenvalue weighted by atomic mass is 10.2. The lowest BCUT2D eigenvalue weighted by Gasteiger charge is -2.22. The Hall–Kier alpha value is -1.15. The van der Waals surface area contributed by atoms with Crippen LogP contribution in [0.1, 0.15) is 26.2 Å². The summed E-state index contributed by atoms with van der Waals surface area (Å²) in [5, 5.41) is 2.54. The molecule has 1 heterocycles. The summed E-state index contributed by atoms with van der Waals surface area (Å²) in [6, 6.07) is -1.55. The van der Waals surface area contributed by atoms with E-state index < -0.39 is 27.8 Å². The van der Waals surface area contributed by atoms with Gasteiger partial charge in [-0.3, -0.25) is 9.59 Å². The second-order valence-electron chi connectivity index (χ2n) is 5.29. The SMILES string of the molecule is CC(NC(=O)C(N)CCS(C)(=O)=O)C(=O)N1CCCC1. The molecular formula is C12H23N3O4S. The molecule has 116 valence electrons. The van der Waals surface area contributed by atoms with Crippen LogP contribution < -0.4 is 11.1 Å². The molecule has 0 radical (unpaired) electrons. The van der Waals surface area contributed by atoms with E-state index >= 15 is 0 Å². The highest BCUT2D eigenvalue weighted by atomic mass is 32.2. The Morgan fingerprint density at radius 3 is 2.35 bits per heavy atom. The van der Waals surface area contributed by atoms with Crippen LogP contribution in [0.25, 0.3) is 0 Å². The summed E-state index contributed by atoms with van der Waals surface area (Å²) in [7, 11) is -3.15. The lowest BCUT2D eigenvalue weighted by molar-refractivity contribution is -0.135. The van der Waals surface area contributed by atoms with E-state index in [1.165, 1.54) is 0 Å². The van der Waals surface area contributed by atoms with Crippen molar-refractivity contribution in [2.75, 3.05) is 25.1 Å². The quantitative estimate of drug-likeness (QED) is 0.645. The zero-order valence-electron chi connectivity index (χ0n) is 12.0. The van der Waals surface area contributed by atoms with Gasteiger partial charge >= 0.3 is 0 Å². The van der Waals surface area contributed by atoms with E-state index in [0.29, 0.717) is 0 Å². The molecule has 1 fully saturated rings. The lowest BCUT2D eigenvalue weighted by Crippen LogP contribution is -2.51. The van der Waals surface area contributed by atoms with Gasteiger partial charge in [-0.15, -0.1) is 0 Å². The predicted octanol–water partition coefficient (Wildman–Crippen LogP) is -1.12. The highest BCUT2D eigenvalue weighted by Crippen LogP contribution is 2.09. The Bertz CT molecular complexity index is 457. The molecule has 2 unspecified atom stereocenters. The van der Waals surface area contributed by atoms with Crippen molar-refractivity contribution in [3.05, 3.63) is 0 Å². The highest BCUT2D eigenvalue weighted by molar-refractivity contribution is 7.90. The number of carbonyl (C=O) groups is 2. The van der Waals surface area contributed by atoms with Crippen molar-refractivity contribution in [1.29, 1.82) is 0 Å². The minimum Gasteiger partial charge on any atom is -0.343 e. The zero-order valence-corrected chi connectivity index (χ0v) is 12.8. The van der Waals surface area contributed by atoms with Crippen LogP contribution >= 0.6 is 0 Å². The van der Waals surface area contributed by atoms with Gasteiger partial charge in [-0.25, -0.2) is 8.42 Å². The number of likely N-dealkylation sites (tertiary alicyclic amines) is 1. The molecule has 0 aromatic rings. The minimum atomic E-state index is -3.15. The highest BCUT2D eigenvalue weighted by Gasteiger charge is 2.26. The van der Waals surface area contributed by atoms with E-state index in [0.717, 1.165) is 32.2 Å². The molecule has 0 saturated carbocycles. The maximum absolute atomic E-state index is 12.0. The number of nitrogens with two attached hydrogens (primary N) is 1. The Balaban J connectivity index is 2.41. The summed E-state index contributed by atoms with van der Waals surface area (Å²) < 4.78 is 22.0. The van der Waals surface area contributed by atoms with Crippen LogP contribution in [0.15, 0.2) is 0 Å². The molecule has 0 aromatic carbocycles. The van der Waals surface area contributed by atoms with Gasteiger partial charge in [-0.05, 0) is 26.2 Å². The van der Waals surface area contributed by atoms with Crippen molar-refractivity contribution in [1.82, 2.24) is 10.2 Å². The Morgan fingerprint density at radius 1 is 1.30 bits per heavy atom. The third kappa shape index (κ3) is 5.46. The summed E-state index contributed by atoms with van der Waals surface area (Å²) in [5.41, 5.74) is 5.62. The van der Waals surface area contributed by atoms with Crippen molar-refractivity contribution in [2.24, 2.45) is 5.73 Å². The normalized spacial score (nSPS) is 18.6. The fraction of sp³-hybridized carbons (Fsp3) is 0.833. The van der Waals surface area contributed by atoms with E-state index in [1.807, 2.05) is 0 Å². The number of sulfone groups is 1. The van der Waals surface area contributed by atoms with Crippen LogP contribution in [0, 0.1) is 0 Å². The van der Waals surface area contributed by atoms with E-state index in [9.17, 15) is 18.0 Å². The number of nitrogens with one attached hydrogen (secondary N) is 1. The average molecular weight is 305 g/mol. The minimum absolute atomic E-state index is 0.0509. The van der Waals surface area contributed by atoms with Gasteiger partial charge in [0.1, 0.15) is 15.9 Å². The summed E-state index contributed by atoms with van der Waals surface area (Å²) >= 11 is 0. The molecular weight excluding hydrogens is 282 g/mol. The van der Waals surface area contributed by atoms with Gasteiger partial charge in [0, 0.05) is 19.3 Å². The topological polar surface area (TPSA) is 110 Å². The Morgan fingerprint density at radius 2 is 1.85 bits per heavy atom. The molecule has 0 aromatic heterocycles. The van der Waals surface area contributed by atoms with Gasteiger partial charge in [0.15, 0.2) is 0 Å². The van der Waals surface area contributed by atoms with Gasteiger partial charge in [0.25, 0.3) is 0 Å². The Kier molecular flexibility index (Phi) is 5.94. The number of hydrogen-bond donors (Lipinski definition) is 2. The smallest absolute Gasteiger partial charge is 0.244 e. The average Bonchev–Trinajstić information content (AvgIpc) is 2.87. The van der Waals surface area contributed by atoms with Crippen molar-refractivity contribution in [3.8, 4) is 0 Å². The summed E-state index contributed by atoms with van der Waals surface area (Å²) in [6.45, 7) is 3.06. The van der Waals surface area contributed by atoms with Crippen molar-refractivity contribution >= 4 is 21.7 Å². The van der Waals surface area contributed by atoms with Crippen LogP contribution in [-0.2, 0) is 19.4 Å². The van der Waals surface area contributed by atoms with Crippen LogP contribution in [-0.4, -0.2) is 62.3 Å². The molecule has 1 rings (SSSR count). The molecule has 2 atom stereocenters. The second-order valence-corrected chi connectivity index (χ2v) is 7.55. The number of nitrogens with zero attached hydrogens (tertiary/aromatic N) is 1. The maximum Gasteiger partial charge on any atom is 0.244 e.